The first kappa shape index (κ1) is 26.5. The number of hydrogen-bond acceptors (Lipinski definition) is 6. The molecule has 0 spiro atoms. The van der Waals surface area contributed by atoms with Crippen molar-refractivity contribution in [1.82, 2.24) is 4.98 Å². The number of ketones is 1. The summed E-state index contributed by atoms with van der Waals surface area (Å²) in [5, 5.41) is 13.6. The second kappa shape index (κ2) is 12.4. The molecule has 1 N–H and O–H groups in total. The molecule has 178 valence electrons. The summed E-state index contributed by atoms with van der Waals surface area (Å²) in [4.78, 5) is 29.9. The van der Waals surface area contributed by atoms with Crippen LogP contribution in [-0.2, 0) is 14.3 Å². The molecule has 3 unspecified atom stereocenters. The minimum atomic E-state index is -0.652. The largest absolute Gasteiger partial charge is 0.457 e. The second-order valence-electron chi connectivity index (χ2n) is 9.44. The van der Waals surface area contributed by atoms with Gasteiger partial charge < -0.3 is 9.84 Å². The standard InChI is InChI=1S/C26H39NO4S/c1-16-8-7-9-17(2)25(29)20(5)26(30)18(3)11-13-24(28)31-23(12-10-16)19(4)14-22-15-32-21(6)27-22/h10,14-15,17-18,20,23,25,29H,7-9,11-13H2,1-6H3/b16-10-,19-14+/t17-,18?,20+,23?,25?/m0/s1. The number of carbonyl (C=O) groups excluding carboxylic acids is 2. The lowest BCUT2D eigenvalue weighted by atomic mass is 9.82. The van der Waals surface area contributed by atoms with Gasteiger partial charge in [-0.15, -0.1) is 11.3 Å². The van der Waals surface area contributed by atoms with Crippen molar-refractivity contribution in [2.45, 2.75) is 92.3 Å². The number of aryl methyl sites for hydroxylation is 1. The SMILES string of the molecule is C/C1=C/CC(/C(C)=C/c2csc(C)n2)OC(=O)CCC(C)C(=O)[C@H](C)C(O)[C@@H](C)CCC1. The molecule has 0 aromatic carbocycles. The van der Waals surface area contributed by atoms with Crippen molar-refractivity contribution < 1.29 is 19.4 Å². The van der Waals surface area contributed by atoms with E-state index in [9.17, 15) is 14.7 Å². The zero-order valence-electron chi connectivity index (χ0n) is 20.4. The molecule has 2 rings (SSSR count). The number of rotatable bonds is 2. The lowest BCUT2D eigenvalue weighted by Crippen LogP contribution is -2.34. The van der Waals surface area contributed by atoms with Gasteiger partial charge in [0.1, 0.15) is 11.9 Å². The number of thiazole rings is 1. The number of ether oxygens (including phenoxy) is 1. The molecular formula is C26H39NO4S. The Bertz CT molecular complexity index is 841. The van der Waals surface area contributed by atoms with E-state index in [1.807, 2.05) is 39.2 Å². The predicted octanol–water partition coefficient (Wildman–Crippen LogP) is 5.91. The number of hydrogen-bond donors (Lipinski definition) is 1. The summed E-state index contributed by atoms with van der Waals surface area (Å²) in [7, 11) is 0. The highest BCUT2D eigenvalue weighted by Crippen LogP contribution is 2.26. The molecule has 0 bridgehead atoms. The van der Waals surface area contributed by atoms with Gasteiger partial charge in [0.15, 0.2) is 0 Å². The first-order valence-corrected chi connectivity index (χ1v) is 12.6. The van der Waals surface area contributed by atoms with Crippen molar-refractivity contribution in [2.75, 3.05) is 0 Å². The van der Waals surface area contributed by atoms with E-state index in [1.54, 1.807) is 18.3 Å². The Balaban J connectivity index is 2.21. The summed E-state index contributed by atoms with van der Waals surface area (Å²) < 4.78 is 5.85. The quantitative estimate of drug-likeness (QED) is 0.438. The van der Waals surface area contributed by atoms with Gasteiger partial charge in [-0.05, 0) is 64.0 Å². The van der Waals surface area contributed by atoms with Crippen LogP contribution in [0.1, 0.15) is 83.8 Å². The van der Waals surface area contributed by atoms with Crippen LogP contribution in [0.15, 0.2) is 22.6 Å². The molecule has 0 aliphatic carbocycles. The van der Waals surface area contributed by atoms with E-state index < -0.39 is 12.0 Å². The van der Waals surface area contributed by atoms with E-state index in [-0.39, 0.29) is 36.1 Å². The Morgan fingerprint density at radius 1 is 1.19 bits per heavy atom. The van der Waals surface area contributed by atoms with Gasteiger partial charge in [-0.25, -0.2) is 4.98 Å². The first-order valence-electron chi connectivity index (χ1n) is 11.8. The van der Waals surface area contributed by atoms with Crippen molar-refractivity contribution in [3.05, 3.63) is 33.3 Å². The molecule has 6 heteroatoms. The highest BCUT2D eigenvalue weighted by molar-refractivity contribution is 7.09. The minimum absolute atomic E-state index is 0.0202. The maximum Gasteiger partial charge on any atom is 0.306 e. The van der Waals surface area contributed by atoms with Crippen molar-refractivity contribution >= 4 is 29.2 Å². The summed E-state index contributed by atoms with van der Waals surface area (Å²) in [5.41, 5.74) is 3.09. The molecule has 0 radical (unpaired) electrons. The van der Waals surface area contributed by atoms with Crippen LogP contribution in [0.3, 0.4) is 0 Å². The highest BCUT2D eigenvalue weighted by atomic mass is 32.1. The summed E-state index contributed by atoms with van der Waals surface area (Å²) in [6, 6.07) is 0. The van der Waals surface area contributed by atoms with Crippen LogP contribution in [0.5, 0.6) is 0 Å². The summed E-state index contributed by atoms with van der Waals surface area (Å²) in [6.07, 6.45) is 7.12. The maximum absolute atomic E-state index is 12.8. The van der Waals surface area contributed by atoms with Gasteiger partial charge in [-0.1, -0.05) is 32.4 Å². The van der Waals surface area contributed by atoms with Crippen LogP contribution in [0, 0.1) is 24.7 Å². The van der Waals surface area contributed by atoms with Gasteiger partial charge in [0, 0.05) is 30.1 Å². The lowest BCUT2D eigenvalue weighted by Gasteiger charge is -2.26. The van der Waals surface area contributed by atoms with Gasteiger partial charge in [-0.3, -0.25) is 9.59 Å². The number of allylic oxidation sites excluding steroid dienone is 1. The number of esters is 1. The fourth-order valence-corrected chi connectivity index (χ4v) is 4.76. The van der Waals surface area contributed by atoms with Gasteiger partial charge in [0.25, 0.3) is 0 Å². The van der Waals surface area contributed by atoms with Crippen LogP contribution in [0.2, 0.25) is 0 Å². The highest BCUT2D eigenvalue weighted by Gasteiger charge is 2.30. The molecular weight excluding hydrogens is 422 g/mol. The Hall–Kier alpha value is -1.79. The van der Waals surface area contributed by atoms with Crippen LogP contribution < -0.4 is 0 Å². The fourth-order valence-electron chi connectivity index (χ4n) is 4.19. The lowest BCUT2D eigenvalue weighted by molar-refractivity contribution is -0.147. The van der Waals surface area contributed by atoms with Gasteiger partial charge >= 0.3 is 5.97 Å². The normalized spacial score (nSPS) is 31.7. The van der Waals surface area contributed by atoms with E-state index in [0.717, 1.165) is 35.5 Å². The zero-order valence-corrected chi connectivity index (χ0v) is 21.2. The molecule has 2 heterocycles. The monoisotopic (exact) mass is 461 g/mol. The third-order valence-electron chi connectivity index (χ3n) is 6.52. The van der Waals surface area contributed by atoms with E-state index in [1.165, 1.54) is 5.57 Å². The molecule has 1 aliphatic heterocycles. The number of Topliss-reactive ketones (excluding diaryl/α,β-unsaturated/α-hetero) is 1. The van der Waals surface area contributed by atoms with E-state index in [0.29, 0.717) is 12.8 Å². The number of aliphatic hydroxyl groups excluding tert-OH is 1. The Labute approximate surface area is 197 Å². The molecule has 1 aromatic rings. The smallest absolute Gasteiger partial charge is 0.306 e. The number of aromatic nitrogens is 1. The van der Waals surface area contributed by atoms with E-state index >= 15 is 0 Å². The molecule has 0 amide bonds. The zero-order chi connectivity index (χ0) is 23.8. The fraction of sp³-hybridized carbons (Fsp3) is 0.654. The molecule has 0 saturated carbocycles. The van der Waals surface area contributed by atoms with Crippen molar-refractivity contribution in [2.24, 2.45) is 17.8 Å². The number of aliphatic hydroxyl groups is 1. The van der Waals surface area contributed by atoms with Gasteiger partial charge in [-0.2, -0.15) is 0 Å². The average Bonchev–Trinajstić information content (AvgIpc) is 3.16. The second-order valence-corrected chi connectivity index (χ2v) is 10.5. The molecule has 5 nitrogen and oxygen atoms in total. The third kappa shape index (κ3) is 7.96. The summed E-state index contributed by atoms with van der Waals surface area (Å²) in [6.45, 7) is 11.7. The van der Waals surface area contributed by atoms with Crippen LogP contribution in [-0.4, -0.2) is 34.1 Å². The van der Waals surface area contributed by atoms with Crippen LogP contribution in [0.25, 0.3) is 6.08 Å². The van der Waals surface area contributed by atoms with Crippen LogP contribution in [0.4, 0.5) is 0 Å². The molecule has 0 fully saturated rings. The first-order chi connectivity index (χ1) is 15.1. The Morgan fingerprint density at radius 3 is 2.56 bits per heavy atom. The summed E-state index contributed by atoms with van der Waals surface area (Å²) in [5.74, 6) is -0.933. The molecule has 32 heavy (non-hydrogen) atoms. The Kier molecular flexibility index (Phi) is 10.3. The van der Waals surface area contributed by atoms with Crippen molar-refractivity contribution in [1.29, 1.82) is 0 Å². The topological polar surface area (TPSA) is 76.5 Å². The molecule has 5 atom stereocenters. The number of carbonyl (C=O) groups is 2. The van der Waals surface area contributed by atoms with Crippen molar-refractivity contribution in [3.8, 4) is 0 Å². The summed E-state index contributed by atoms with van der Waals surface area (Å²) >= 11 is 1.60. The average molecular weight is 462 g/mol. The maximum atomic E-state index is 12.8. The van der Waals surface area contributed by atoms with E-state index in [4.69, 9.17) is 4.74 Å². The van der Waals surface area contributed by atoms with E-state index in [2.05, 4.69) is 18.0 Å². The van der Waals surface area contributed by atoms with Crippen molar-refractivity contribution in [3.63, 3.8) is 0 Å². The van der Waals surface area contributed by atoms with Gasteiger partial charge in [0.2, 0.25) is 0 Å². The Morgan fingerprint density at radius 2 is 1.91 bits per heavy atom. The third-order valence-corrected chi connectivity index (χ3v) is 7.31. The predicted molar refractivity (Wildman–Crippen MR) is 130 cm³/mol. The molecule has 0 saturated heterocycles. The molecule has 1 aromatic heterocycles. The number of nitrogens with zero attached hydrogens (tertiary/aromatic N) is 1. The molecule has 1 aliphatic rings. The number of cyclic esters (lactones) is 1. The van der Waals surface area contributed by atoms with Crippen LogP contribution >= 0.6 is 11.3 Å². The minimum Gasteiger partial charge on any atom is -0.457 e. The van der Waals surface area contributed by atoms with Gasteiger partial charge in [0.05, 0.1) is 16.8 Å².